The minimum atomic E-state index is -0.995. The zero-order valence-corrected chi connectivity index (χ0v) is 37.2. The lowest BCUT2D eigenvalue weighted by molar-refractivity contribution is 0.0336. The molecular formula is C52H43ClN8O6. The first-order valence-corrected chi connectivity index (χ1v) is 21.6. The number of aromatic nitrogens is 6. The molecule has 0 atom stereocenters. The monoisotopic (exact) mass is 910 g/mol. The second-order valence-electron chi connectivity index (χ2n) is 15.6. The van der Waals surface area contributed by atoms with Gasteiger partial charge in [-0.3, -0.25) is 19.7 Å². The average Bonchev–Trinajstić information content (AvgIpc) is 3.34. The van der Waals surface area contributed by atoms with Gasteiger partial charge in [-0.25, -0.2) is 29.5 Å². The van der Waals surface area contributed by atoms with E-state index in [0.717, 1.165) is 88.3 Å². The van der Waals surface area contributed by atoms with Crippen molar-refractivity contribution < 1.29 is 29.3 Å². The molecule has 0 aliphatic carbocycles. The number of fused-ring (bicyclic) bond motifs is 3. The largest absolute Gasteiger partial charge is 0.478 e. The van der Waals surface area contributed by atoms with E-state index < -0.39 is 11.9 Å². The summed E-state index contributed by atoms with van der Waals surface area (Å²) in [4.78, 5) is 63.9. The summed E-state index contributed by atoms with van der Waals surface area (Å²) in [5.41, 5.74) is 8.79. The number of aryl methyl sites for hydroxylation is 2. The molecule has 67 heavy (non-hydrogen) atoms. The molecule has 0 bridgehead atoms. The van der Waals surface area contributed by atoms with Gasteiger partial charge in [-0.05, 0) is 91.7 Å². The molecule has 0 saturated carbocycles. The van der Waals surface area contributed by atoms with Crippen LogP contribution in [-0.2, 0) is 11.3 Å². The lowest BCUT2D eigenvalue weighted by atomic mass is 10.1. The molecule has 1 fully saturated rings. The van der Waals surface area contributed by atoms with Crippen LogP contribution in [0.4, 0.5) is 5.82 Å². The minimum absolute atomic E-state index is 0.171. The highest BCUT2D eigenvalue weighted by molar-refractivity contribution is 6.30. The van der Waals surface area contributed by atoms with Crippen molar-refractivity contribution in [1.82, 2.24) is 34.8 Å². The van der Waals surface area contributed by atoms with Crippen LogP contribution in [0.2, 0.25) is 5.15 Å². The topological polar surface area (TPSA) is 194 Å². The summed E-state index contributed by atoms with van der Waals surface area (Å²) in [6.45, 7) is 7.95. The van der Waals surface area contributed by atoms with Crippen LogP contribution in [0.5, 0.6) is 0 Å². The summed E-state index contributed by atoms with van der Waals surface area (Å²) in [7, 11) is 0. The Morgan fingerprint density at radius 2 is 1.09 bits per heavy atom. The van der Waals surface area contributed by atoms with Gasteiger partial charge in [0, 0.05) is 71.7 Å². The van der Waals surface area contributed by atoms with Gasteiger partial charge in [-0.1, -0.05) is 66.2 Å². The highest BCUT2D eigenvalue weighted by Gasteiger charge is 2.16. The highest BCUT2D eigenvalue weighted by atomic mass is 35.5. The van der Waals surface area contributed by atoms with E-state index in [-0.39, 0.29) is 17.0 Å². The van der Waals surface area contributed by atoms with E-state index in [1.165, 1.54) is 6.07 Å². The standard InChI is InChI=1S/C26H25N5O2.C16H12N2O2.C10H6ClNO2/c1-18-14-20(16-27-15-18)23-9-8-19-4-2-6-22(25(19)29-23)26(32)30-24-7-3-5-21(28-24)17-31-10-12-33-13-11-31;1-10-7-12(9-17-8-10)14-6-5-11-3-2-4-13(16(19)20)15(11)18-14;11-8-5-4-6-2-1-3-7(10(13)14)9(6)12-8/h2-9,14-16H,10-13,17H2,1H3,(H,28,30,32);2-9H,1H3,(H,19,20);1-5H,(H,13,14). The third-order valence-corrected chi connectivity index (χ3v) is 10.9. The van der Waals surface area contributed by atoms with Crippen molar-refractivity contribution in [3.63, 3.8) is 0 Å². The molecule has 3 aromatic carbocycles. The molecule has 9 aromatic rings. The first kappa shape index (κ1) is 45.5. The van der Waals surface area contributed by atoms with Crippen LogP contribution in [0.25, 0.3) is 55.2 Å². The molecule has 7 heterocycles. The lowest BCUT2D eigenvalue weighted by Crippen LogP contribution is -2.35. The average molecular weight is 911 g/mol. The van der Waals surface area contributed by atoms with Gasteiger partial charge in [0.1, 0.15) is 11.0 Å². The smallest absolute Gasteiger partial charge is 0.337 e. The summed E-state index contributed by atoms with van der Waals surface area (Å²) < 4.78 is 5.41. The van der Waals surface area contributed by atoms with Crippen molar-refractivity contribution in [2.45, 2.75) is 20.4 Å². The minimum Gasteiger partial charge on any atom is -0.478 e. The second kappa shape index (κ2) is 20.9. The van der Waals surface area contributed by atoms with Gasteiger partial charge < -0.3 is 20.3 Å². The number of benzene rings is 3. The molecule has 10 rings (SSSR count). The third kappa shape index (κ3) is 11.3. The molecule has 1 aliphatic rings. The number of ether oxygens (including phenoxy) is 1. The number of halogens is 1. The SMILES string of the molecule is Cc1cncc(-c2ccc3cccc(C(=O)Nc4cccc(CN5CCOCC5)n4)c3n2)c1.Cc1cncc(-c2ccc3cccc(C(=O)O)c3n2)c1.O=C(O)c1cccc2ccc(Cl)nc12. The van der Waals surface area contributed by atoms with Gasteiger partial charge in [0.25, 0.3) is 5.91 Å². The van der Waals surface area contributed by atoms with Crippen molar-refractivity contribution in [1.29, 1.82) is 0 Å². The molecule has 3 N–H and O–H groups in total. The fourth-order valence-electron chi connectivity index (χ4n) is 7.47. The molecule has 1 aliphatic heterocycles. The first-order chi connectivity index (χ1) is 32.5. The Labute approximate surface area is 390 Å². The molecular weight excluding hydrogens is 868 g/mol. The van der Waals surface area contributed by atoms with Crippen molar-refractivity contribution in [3.05, 3.63) is 185 Å². The Hall–Kier alpha value is -8.04. The van der Waals surface area contributed by atoms with Crippen LogP contribution in [0.3, 0.4) is 0 Å². The summed E-state index contributed by atoms with van der Waals surface area (Å²) in [5, 5.41) is 23.9. The number of carbonyl (C=O) groups is 3. The highest BCUT2D eigenvalue weighted by Crippen LogP contribution is 2.26. The van der Waals surface area contributed by atoms with Crippen LogP contribution in [-0.4, -0.2) is 89.2 Å². The number of carboxylic acid groups (broad SMARTS) is 2. The van der Waals surface area contributed by atoms with E-state index in [4.69, 9.17) is 26.4 Å². The number of nitrogens with zero attached hydrogens (tertiary/aromatic N) is 7. The van der Waals surface area contributed by atoms with Gasteiger partial charge in [0.05, 0.1) is 63.5 Å². The quantitative estimate of drug-likeness (QED) is 0.122. The van der Waals surface area contributed by atoms with E-state index in [2.05, 4.69) is 35.1 Å². The van der Waals surface area contributed by atoms with Crippen LogP contribution in [0, 0.1) is 13.8 Å². The Balaban J connectivity index is 0.000000151. The summed E-state index contributed by atoms with van der Waals surface area (Å²) >= 11 is 5.69. The molecule has 0 unspecified atom stereocenters. The number of morpholine rings is 1. The summed E-state index contributed by atoms with van der Waals surface area (Å²) in [6, 6.07) is 36.5. The molecule has 1 saturated heterocycles. The third-order valence-electron chi connectivity index (χ3n) is 10.7. The maximum absolute atomic E-state index is 13.2. The van der Waals surface area contributed by atoms with E-state index in [9.17, 15) is 19.5 Å². The van der Waals surface area contributed by atoms with Crippen molar-refractivity contribution in [2.75, 3.05) is 31.6 Å². The van der Waals surface area contributed by atoms with Gasteiger partial charge in [-0.15, -0.1) is 0 Å². The molecule has 334 valence electrons. The summed E-state index contributed by atoms with van der Waals surface area (Å²) in [6.07, 6.45) is 7.09. The van der Waals surface area contributed by atoms with Crippen molar-refractivity contribution in [3.8, 4) is 22.5 Å². The number of rotatable bonds is 8. The number of carboxylic acids is 2. The predicted octanol–water partition coefficient (Wildman–Crippen LogP) is 9.97. The normalized spacial score (nSPS) is 12.4. The molecule has 0 radical (unpaired) electrons. The fourth-order valence-corrected chi connectivity index (χ4v) is 7.61. The number of hydrogen-bond acceptors (Lipinski definition) is 11. The number of pyridine rings is 6. The molecule has 1 amide bonds. The first-order valence-electron chi connectivity index (χ1n) is 21.2. The zero-order valence-electron chi connectivity index (χ0n) is 36.4. The van der Waals surface area contributed by atoms with Gasteiger partial charge >= 0.3 is 11.9 Å². The number of anilines is 1. The fraction of sp³-hybridized carbons (Fsp3) is 0.135. The van der Waals surface area contributed by atoms with Crippen LogP contribution in [0.1, 0.15) is 47.9 Å². The van der Waals surface area contributed by atoms with Crippen LogP contribution < -0.4 is 5.32 Å². The van der Waals surface area contributed by atoms with Crippen LogP contribution in [0.15, 0.2) is 146 Å². The van der Waals surface area contributed by atoms with E-state index in [0.29, 0.717) is 33.1 Å². The maximum Gasteiger partial charge on any atom is 0.337 e. The van der Waals surface area contributed by atoms with Crippen LogP contribution >= 0.6 is 11.6 Å². The Morgan fingerprint density at radius 1 is 0.597 bits per heavy atom. The molecule has 14 nitrogen and oxygen atoms in total. The second-order valence-corrected chi connectivity index (χ2v) is 16.0. The number of aromatic carboxylic acids is 2. The maximum atomic E-state index is 13.2. The Kier molecular flexibility index (Phi) is 14.2. The summed E-state index contributed by atoms with van der Waals surface area (Å²) in [5.74, 6) is -1.67. The van der Waals surface area contributed by atoms with E-state index in [1.54, 1.807) is 61.1 Å². The van der Waals surface area contributed by atoms with E-state index in [1.807, 2.05) is 92.8 Å². The number of hydrogen-bond donors (Lipinski definition) is 3. The van der Waals surface area contributed by atoms with Crippen molar-refractivity contribution in [2.24, 2.45) is 0 Å². The van der Waals surface area contributed by atoms with Gasteiger partial charge in [0.15, 0.2) is 0 Å². The number of nitrogens with one attached hydrogen (secondary N) is 1. The number of amides is 1. The van der Waals surface area contributed by atoms with Gasteiger partial charge in [0.2, 0.25) is 0 Å². The van der Waals surface area contributed by atoms with Gasteiger partial charge in [-0.2, -0.15) is 0 Å². The zero-order chi connectivity index (χ0) is 46.9. The predicted molar refractivity (Wildman–Crippen MR) is 258 cm³/mol. The van der Waals surface area contributed by atoms with E-state index >= 15 is 0 Å². The number of carbonyl (C=O) groups excluding carboxylic acids is 1. The molecule has 6 aromatic heterocycles. The lowest BCUT2D eigenvalue weighted by Gasteiger charge is -2.26. The van der Waals surface area contributed by atoms with Crippen molar-refractivity contribution >= 4 is 68.0 Å². The number of para-hydroxylation sites is 3. The molecule has 0 spiro atoms. The molecule has 15 heteroatoms. The Bertz CT molecular complexity index is 3290. The Morgan fingerprint density at radius 3 is 1.63 bits per heavy atom.